The average molecular weight is 709 g/mol. The van der Waals surface area contributed by atoms with E-state index in [2.05, 4.69) is 66.7 Å². The van der Waals surface area contributed by atoms with E-state index in [-0.39, 0.29) is 23.0 Å². The summed E-state index contributed by atoms with van der Waals surface area (Å²) in [6, 6.07) is 54.6. The van der Waals surface area contributed by atoms with E-state index >= 15 is 0 Å². The molecule has 8 aromatic carbocycles. The Labute approximate surface area is 326 Å². The highest BCUT2D eigenvalue weighted by molar-refractivity contribution is 6.15. The maximum absolute atomic E-state index is 8.82. The van der Waals surface area contributed by atoms with Crippen LogP contribution in [0.4, 0.5) is 0 Å². The molecule has 0 atom stereocenters. The van der Waals surface area contributed by atoms with Crippen LogP contribution in [-0.2, 0) is 0 Å². The molecule has 4 nitrogen and oxygen atoms in total. The molecule has 10 aromatic rings. The smallest absolute Gasteiger partial charge is 0.164 e. The highest BCUT2D eigenvalue weighted by Gasteiger charge is 2.20. The van der Waals surface area contributed by atoms with Crippen LogP contribution in [0.2, 0.25) is 0 Å². The van der Waals surface area contributed by atoms with Gasteiger partial charge in [-0.2, -0.15) is 0 Å². The number of nitrogens with zero attached hydrogens (tertiary/aromatic N) is 3. The van der Waals surface area contributed by atoms with Crippen molar-refractivity contribution in [3.8, 4) is 78.7 Å². The van der Waals surface area contributed by atoms with Crippen molar-refractivity contribution in [1.82, 2.24) is 15.0 Å². The number of para-hydroxylation sites is 1. The van der Waals surface area contributed by atoms with Gasteiger partial charge in [0, 0.05) is 33.0 Å². The summed E-state index contributed by atoms with van der Waals surface area (Å²) in [4.78, 5) is 14.7. The highest BCUT2D eigenvalue weighted by Crippen LogP contribution is 2.41. The Morgan fingerprint density at radius 2 is 0.855 bits per heavy atom. The second-order valence-electron chi connectivity index (χ2n) is 13.2. The average Bonchev–Trinajstić information content (AvgIpc) is 3.70. The zero-order chi connectivity index (χ0) is 40.9. The lowest BCUT2D eigenvalue weighted by Gasteiger charge is -2.10. The largest absolute Gasteiger partial charge is 0.455 e. The lowest BCUT2D eigenvalue weighted by molar-refractivity contribution is 0.670. The van der Waals surface area contributed by atoms with Crippen LogP contribution in [0.25, 0.3) is 101 Å². The third kappa shape index (κ3) is 6.16. The molecule has 0 aliphatic carbocycles. The van der Waals surface area contributed by atoms with E-state index in [1.54, 1.807) is 0 Å². The van der Waals surface area contributed by atoms with E-state index in [0.29, 0.717) is 22.3 Å². The molecule has 55 heavy (non-hydrogen) atoms. The first-order chi connectivity index (χ1) is 29.3. The Balaban J connectivity index is 1.12. The SMILES string of the molecule is [2H]c1c([2H])c([2H])c(-c2nc(-c3ccc(-c4ccc(-c5ccccc5)cc4)cc3)nc(-c3cccc4oc5c(-c6cccc(-c7ccccc7)c6)cccc5c34)n2)c([2H])c1[2H]. The summed E-state index contributed by atoms with van der Waals surface area (Å²) in [5.41, 5.74) is 11.0. The minimum absolute atomic E-state index is 0.0317. The van der Waals surface area contributed by atoms with Crippen LogP contribution in [0.3, 0.4) is 0 Å². The van der Waals surface area contributed by atoms with Crippen molar-refractivity contribution in [3.63, 3.8) is 0 Å². The van der Waals surface area contributed by atoms with Gasteiger partial charge in [0.05, 0.1) is 6.85 Å². The van der Waals surface area contributed by atoms with Gasteiger partial charge in [0.15, 0.2) is 17.5 Å². The summed E-state index contributed by atoms with van der Waals surface area (Å²) in [5.74, 6) is 0.527. The minimum atomic E-state index is -0.490. The third-order valence-corrected chi connectivity index (χ3v) is 9.87. The van der Waals surface area contributed by atoms with Gasteiger partial charge in [0.2, 0.25) is 0 Å². The maximum atomic E-state index is 8.82. The van der Waals surface area contributed by atoms with E-state index in [1.165, 1.54) is 0 Å². The molecule has 10 rings (SSSR count). The number of fused-ring (bicyclic) bond motifs is 3. The van der Waals surface area contributed by atoms with Gasteiger partial charge in [-0.1, -0.05) is 188 Å². The maximum Gasteiger partial charge on any atom is 0.164 e. The predicted molar refractivity (Wildman–Crippen MR) is 225 cm³/mol. The molecular weight excluding hydrogens is 671 g/mol. The van der Waals surface area contributed by atoms with Gasteiger partial charge in [-0.25, -0.2) is 15.0 Å². The van der Waals surface area contributed by atoms with Gasteiger partial charge in [0.1, 0.15) is 11.2 Å². The molecule has 0 saturated carbocycles. The van der Waals surface area contributed by atoms with Gasteiger partial charge in [-0.15, -0.1) is 0 Å². The predicted octanol–water partition coefficient (Wildman–Crippen LogP) is 13.4. The highest BCUT2D eigenvalue weighted by atomic mass is 16.3. The fourth-order valence-electron chi connectivity index (χ4n) is 7.15. The van der Waals surface area contributed by atoms with Gasteiger partial charge in [0.25, 0.3) is 0 Å². The van der Waals surface area contributed by atoms with Crippen molar-refractivity contribution >= 4 is 21.9 Å². The summed E-state index contributed by atoms with van der Waals surface area (Å²) < 4.78 is 49.4. The second kappa shape index (κ2) is 13.8. The lowest BCUT2D eigenvalue weighted by atomic mass is 9.97. The second-order valence-corrected chi connectivity index (χ2v) is 13.2. The number of rotatable bonds is 7. The van der Waals surface area contributed by atoms with E-state index in [9.17, 15) is 0 Å². The van der Waals surface area contributed by atoms with Crippen molar-refractivity contribution in [3.05, 3.63) is 200 Å². The van der Waals surface area contributed by atoms with Crippen LogP contribution in [-0.4, -0.2) is 15.0 Å². The molecule has 4 heteroatoms. The minimum Gasteiger partial charge on any atom is -0.455 e. The summed E-state index contributed by atoms with van der Waals surface area (Å²) in [6.07, 6.45) is 0. The van der Waals surface area contributed by atoms with Crippen LogP contribution in [0.5, 0.6) is 0 Å². The van der Waals surface area contributed by atoms with Gasteiger partial charge >= 0.3 is 0 Å². The fraction of sp³-hybridized carbons (Fsp3) is 0. The van der Waals surface area contributed by atoms with Crippen LogP contribution in [0.1, 0.15) is 6.85 Å². The Bertz CT molecular complexity index is 3210. The van der Waals surface area contributed by atoms with E-state index in [0.717, 1.165) is 55.3 Å². The molecule has 0 aliphatic heterocycles. The molecule has 0 unspecified atom stereocenters. The monoisotopic (exact) mass is 708 g/mol. The first-order valence-electron chi connectivity index (χ1n) is 20.5. The number of hydrogen-bond acceptors (Lipinski definition) is 4. The fourth-order valence-corrected chi connectivity index (χ4v) is 7.15. The molecule has 0 N–H and O–H groups in total. The zero-order valence-corrected chi connectivity index (χ0v) is 29.4. The summed E-state index contributed by atoms with van der Waals surface area (Å²) in [7, 11) is 0. The Morgan fingerprint density at radius 3 is 1.53 bits per heavy atom. The van der Waals surface area contributed by atoms with E-state index in [1.807, 2.05) is 103 Å². The van der Waals surface area contributed by atoms with Crippen LogP contribution in [0, 0.1) is 0 Å². The van der Waals surface area contributed by atoms with Crippen molar-refractivity contribution in [2.45, 2.75) is 0 Å². The number of benzene rings is 8. The lowest BCUT2D eigenvalue weighted by Crippen LogP contribution is -2.00. The third-order valence-electron chi connectivity index (χ3n) is 9.87. The number of furan rings is 1. The van der Waals surface area contributed by atoms with Gasteiger partial charge in [-0.3, -0.25) is 0 Å². The molecular formula is C51H33N3O. The van der Waals surface area contributed by atoms with Crippen molar-refractivity contribution in [2.75, 3.05) is 0 Å². The molecule has 0 fully saturated rings. The molecule has 0 amide bonds. The Kier molecular flexibility index (Phi) is 6.85. The van der Waals surface area contributed by atoms with E-state index in [4.69, 9.17) is 26.2 Å². The zero-order valence-electron chi connectivity index (χ0n) is 34.4. The van der Waals surface area contributed by atoms with E-state index < -0.39 is 30.2 Å². The number of hydrogen-bond donors (Lipinski definition) is 0. The van der Waals surface area contributed by atoms with Crippen molar-refractivity contribution in [2.24, 2.45) is 0 Å². The molecule has 0 radical (unpaired) electrons. The summed E-state index contributed by atoms with van der Waals surface area (Å²) >= 11 is 0. The summed E-state index contributed by atoms with van der Waals surface area (Å²) in [5, 5.41) is 1.64. The van der Waals surface area contributed by atoms with Crippen molar-refractivity contribution in [1.29, 1.82) is 0 Å². The Hall–Kier alpha value is -7.43. The summed E-state index contributed by atoms with van der Waals surface area (Å²) in [6.45, 7) is 0. The first-order valence-corrected chi connectivity index (χ1v) is 18.0. The standard InChI is InChI=1S/C51H33N3O/c1-4-13-34(14-5-1)36-25-27-37(28-26-36)38-29-31-40(32-30-38)50-52-49(39-17-8-3-9-18-39)53-51(54-50)45-23-12-24-46-47(45)44-22-11-21-43(48(44)55-46)42-20-10-19-41(33-42)35-15-6-2-7-16-35/h1-33H/i3D,8D,9D,17D,18D. The molecule has 2 aromatic heterocycles. The normalized spacial score (nSPS) is 12.5. The van der Waals surface area contributed by atoms with Gasteiger partial charge < -0.3 is 4.42 Å². The van der Waals surface area contributed by atoms with Crippen LogP contribution < -0.4 is 0 Å². The molecule has 0 aliphatic rings. The van der Waals surface area contributed by atoms with Gasteiger partial charge in [-0.05, 0) is 51.1 Å². The topological polar surface area (TPSA) is 51.8 Å². The molecule has 258 valence electrons. The molecule has 0 saturated heterocycles. The first kappa shape index (κ1) is 27.2. The molecule has 2 heterocycles. The molecule has 0 spiro atoms. The number of aromatic nitrogens is 3. The Morgan fingerprint density at radius 1 is 0.364 bits per heavy atom. The molecule has 0 bridgehead atoms. The van der Waals surface area contributed by atoms with Crippen molar-refractivity contribution < 1.29 is 11.3 Å². The van der Waals surface area contributed by atoms with Crippen LogP contribution in [0.15, 0.2) is 204 Å². The van der Waals surface area contributed by atoms with Crippen LogP contribution >= 0.6 is 0 Å². The quantitative estimate of drug-likeness (QED) is 0.165.